The van der Waals surface area contributed by atoms with Crippen molar-refractivity contribution in [3.8, 4) is 0 Å². The number of hydrazone groups is 1. The first-order valence-electron chi connectivity index (χ1n) is 9.03. The molecule has 0 saturated heterocycles. The second-order valence-electron chi connectivity index (χ2n) is 6.47. The molecule has 2 N–H and O–H groups in total. The van der Waals surface area contributed by atoms with Gasteiger partial charge in [-0.2, -0.15) is 5.10 Å². The molecule has 0 fully saturated rings. The van der Waals surface area contributed by atoms with Crippen LogP contribution in [-0.4, -0.2) is 37.8 Å². The van der Waals surface area contributed by atoms with Crippen molar-refractivity contribution in [3.63, 3.8) is 0 Å². The van der Waals surface area contributed by atoms with E-state index in [0.29, 0.717) is 35.9 Å². The first kappa shape index (κ1) is 20.1. The molecule has 0 saturated carbocycles. The fraction of sp³-hybridized carbons (Fsp3) is 0.350. The van der Waals surface area contributed by atoms with Gasteiger partial charge in [0.1, 0.15) is 5.76 Å². The van der Waals surface area contributed by atoms with Crippen molar-refractivity contribution < 1.29 is 18.7 Å². The van der Waals surface area contributed by atoms with E-state index in [9.17, 15) is 9.59 Å². The van der Waals surface area contributed by atoms with Crippen molar-refractivity contribution in [3.05, 3.63) is 57.5 Å². The molecule has 3 rings (SSSR count). The standard InChI is InChI=1S/C20H22ClN3O4/c1-12-17-15(23-24-19(25)13-5-3-6-14(21)11-13)7-4-8-16(17)28-18(12)20(26)22-9-10-27-2/h3,5-6,11H,4,7-10H2,1-2H3,(H,22,26)(H,24,25)/b23-15+. The van der Waals surface area contributed by atoms with E-state index in [-0.39, 0.29) is 17.6 Å². The summed E-state index contributed by atoms with van der Waals surface area (Å²) in [6.07, 6.45) is 2.24. The van der Waals surface area contributed by atoms with Crippen LogP contribution in [0, 0.1) is 6.92 Å². The number of nitrogens with one attached hydrogen (secondary N) is 2. The van der Waals surface area contributed by atoms with Crippen LogP contribution in [0.15, 0.2) is 33.8 Å². The molecular formula is C20H22ClN3O4. The molecule has 1 aromatic heterocycles. The van der Waals surface area contributed by atoms with Crippen molar-refractivity contribution >= 4 is 29.1 Å². The van der Waals surface area contributed by atoms with Gasteiger partial charge in [0.2, 0.25) is 0 Å². The highest BCUT2D eigenvalue weighted by molar-refractivity contribution is 6.31. The number of amides is 2. The Morgan fingerprint density at radius 2 is 2.11 bits per heavy atom. The molecule has 1 aromatic carbocycles. The third kappa shape index (κ3) is 4.43. The minimum atomic E-state index is -0.346. The van der Waals surface area contributed by atoms with Crippen molar-refractivity contribution in [1.82, 2.24) is 10.7 Å². The Morgan fingerprint density at radius 3 is 2.86 bits per heavy atom. The van der Waals surface area contributed by atoms with E-state index in [1.807, 2.05) is 6.92 Å². The number of carbonyl (C=O) groups is 2. The molecule has 1 aliphatic carbocycles. The van der Waals surface area contributed by atoms with E-state index in [1.165, 1.54) is 0 Å². The number of nitrogens with zero attached hydrogens (tertiary/aromatic N) is 1. The number of benzene rings is 1. The van der Waals surface area contributed by atoms with Crippen molar-refractivity contribution in [2.24, 2.45) is 5.10 Å². The van der Waals surface area contributed by atoms with Crippen LogP contribution in [0.2, 0.25) is 5.02 Å². The van der Waals surface area contributed by atoms with Gasteiger partial charge in [-0.05, 0) is 38.0 Å². The summed E-state index contributed by atoms with van der Waals surface area (Å²) in [5, 5.41) is 7.55. The molecule has 0 aliphatic heterocycles. The number of furan rings is 1. The summed E-state index contributed by atoms with van der Waals surface area (Å²) in [7, 11) is 1.57. The molecule has 2 aromatic rings. The molecule has 0 bridgehead atoms. The molecule has 148 valence electrons. The molecule has 0 unspecified atom stereocenters. The summed E-state index contributed by atoms with van der Waals surface area (Å²) in [5.74, 6) is 0.361. The van der Waals surface area contributed by atoms with Crippen LogP contribution >= 0.6 is 11.6 Å². The van der Waals surface area contributed by atoms with Gasteiger partial charge in [0.15, 0.2) is 5.76 Å². The third-order valence-electron chi connectivity index (χ3n) is 4.50. The lowest BCUT2D eigenvalue weighted by Crippen LogP contribution is -2.27. The van der Waals surface area contributed by atoms with Crippen LogP contribution in [0.3, 0.4) is 0 Å². The van der Waals surface area contributed by atoms with Crippen LogP contribution in [0.25, 0.3) is 0 Å². The highest BCUT2D eigenvalue weighted by atomic mass is 35.5. The zero-order valence-electron chi connectivity index (χ0n) is 15.8. The lowest BCUT2D eigenvalue weighted by Gasteiger charge is -2.13. The maximum atomic E-state index is 12.4. The smallest absolute Gasteiger partial charge is 0.287 e. The highest BCUT2D eigenvalue weighted by Crippen LogP contribution is 2.29. The topological polar surface area (TPSA) is 92.9 Å². The van der Waals surface area contributed by atoms with Crippen molar-refractivity contribution in [1.29, 1.82) is 0 Å². The van der Waals surface area contributed by atoms with Crippen molar-refractivity contribution in [2.75, 3.05) is 20.3 Å². The normalized spacial score (nSPS) is 14.6. The molecular weight excluding hydrogens is 382 g/mol. The fourth-order valence-corrected chi connectivity index (χ4v) is 3.35. The number of aryl methyl sites for hydroxylation is 1. The number of halogens is 1. The number of hydrogen-bond acceptors (Lipinski definition) is 5. The summed E-state index contributed by atoms with van der Waals surface area (Å²) in [5.41, 5.74) is 5.23. The highest BCUT2D eigenvalue weighted by Gasteiger charge is 2.28. The molecule has 1 heterocycles. The van der Waals surface area contributed by atoms with Gasteiger partial charge in [0.25, 0.3) is 11.8 Å². The molecule has 0 atom stereocenters. The van der Waals surface area contributed by atoms with E-state index in [1.54, 1.807) is 31.4 Å². The van der Waals surface area contributed by atoms with Crippen LogP contribution in [0.5, 0.6) is 0 Å². The minimum Gasteiger partial charge on any atom is -0.455 e. The second kappa shape index (κ2) is 9.03. The van der Waals surface area contributed by atoms with Gasteiger partial charge in [-0.15, -0.1) is 0 Å². The third-order valence-corrected chi connectivity index (χ3v) is 4.74. The summed E-state index contributed by atoms with van der Waals surface area (Å²) in [4.78, 5) is 24.7. The number of methoxy groups -OCH3 is 1. The summed E-state index contributed by atoms with van der Waals surface area (Å²) in [6.45, 7) is 2.65. The summed E-state index contributed by atoms with van der Waals surface area (Å²) >= 11 is 5.93. The van der Waals surface area contributed by atoms with E-state index < -0.39 is 0 Å². The predicted molar refractivity (Wildman–Crippen MR) is 106 cm³/mol. The number of carbonyl (C=O) groups excluding carboxylic acids is 2. The van der Waals surface area contributed by atoms with Crippen LogP contribution in [0.4, 0.5) is 0 Å². The Kier molecular flexibility index (Phi) is 6.49. The minimum absolute atomic E-state index is 0.275. The molecule has 1 aliphatic rings. The van der Waals surface area contributed by atoms with E-state index >= 15 is 0 Å². The molecule has 0 radical (unpaired) electrons. The Labute approximate surface area is 168 Å². The summed E-state index contributed by atoms with van der Waals surface area (Å²) in [6, 6.07) is 6.65. The number of rotatable bonds is 6. The van der Waals surface area contributed by atoms with Crippen LogP contribution in [0.1, 0.15) is 50.6 Å². The molecule has 28 heavy (non-hydrogen) atoms. The van der Waals surface area contributed by atoms with Gasteiger partial charge in [0.05, 0.1) is 12.3 Å². The molecule has 0 spiro atoms. The lowest BCUT2D eigenvalue weighted by molar-refractivity contribution is 0.0906. The van der Waals surface area contributed by atoms with Gasteiger partial charge in [0, 0.05) is 41.8 Å². The van der Waals surface area contributed by atoms with E-state index in [2.05, 4.69) is 15.8 Å². The van der Waals surface area contributed by atoms with Crippen LogP contribution in [-0.2, 0) is 11.2 Å². The molecule has 7 nitrogen and oxygen atoms in total. The maximum absolute atomic E-state index is 12.4. The maximum Gasteiger partial charge on any atom is 0.287 e. The quantitative estimate of drug-likeness (QED) is 0.572. The average molecular weight is 404 g/mol. The van der Waals surface area contributed by atoms with Gasteiger partial charge in [-0.3, -0.25) is 9.59 Å². The van der Waals surface area contributed by atoms with Gasteiger partial charge in [-0.1, -0.05) is 17.7 Å². The van der Waals surface area contributed by atoms with Crippen LogP contribution < -0.4 is 10.7 Å². The first-order chi connectivity index (χ1) is 13.5. The fourth-order valence-electron chi connectivity index (χ4n) is 3.16. The largest absolute Gasteiger partial charge is 0.455 e. The average Bonchev–Trinajstić information content (AvgIpc) is 3.03. The Bertz CT molecular complexity index is 920. The zero-order chi connectivity index (χ0) is 20.1. The lowest BCUT2D eigenvalue weighted by atomic mass is 9.93. The monoisotopic (exact) mass is 403 g/mol. The molecule has 8 heteroatoms. The SMILES string of the molecule is COCCNC(=O)c1oc2c(c1C)/C(=N/NC(=O)c1cccc(Cl)c1)CCC2. The first-order valence-corrected chi connectivity index (χ1v) is 9.41. The molecule has 2 amide bonds. The Hall–Kier alpha value is -2.64. The zero-order valence-corrected chi connectivity index (χ0v) is 16.6. The van der Waals surface area contributed by atoms with Gasteiger partial charge >= 0.3 is 0 Å². The number of ether oxygens (including phenoxy) is 1. The predicted octanol–water partition coefficient (Wildman–Crippen LogP) is 3.09. The van der Waals surface area contributed by atoms with Crippen molar-refractivity contribution in [2.45, 2.75) is 26.2 Å². The number of hydrogen-bond donors (Lipinski definition) is 2. The Morgan fingerprint density at radius 1 is 1.29 bits per heavy atom. The summed E-state index contributed by atoms with van der Waals surface area (Å²) < 4.78 is 10.7. The number of fused-ring (bicyclic) bond motifs is 1. The van der Waals surface area contributed by atoms with Gasteiger partial charge < -0.3 is 14.5 Å². The van der Waals surface area contributed by atoms with E-state index in [0.717, 1.165) is 29.7 Å². The second-order valence-corrected chi connectivity index (χ2v) is 6.90. The van der Waals surface area contributed by atoms with E-state index in [4.69, 9.17) is 20.8 Å². The Balaban J connectivity index is 1.79. The van der Waals surface area contributed by atoms with Gasteiger partial charge in [-0.25, -0.2) is 5.43 Å².